The van der Waals surface area contributed by atoms with Crippen molar-refractivity contribution in [1.82, 2.24) is 4.90 Å². The second-order valence-corrected chi connectivity index (χ2v) is 7.22. The number of hydrogen-bond acceptors (Lipinski definition) is 4. The summed E-state index contributed by atoms with van der Waals surface area (Å²) >= 11 is 0. The fourth-order valence-corrected chi connectivity index (χ4v) is 3.13. The van der Waals surface area contributed by atoms with Gasteiger partial charge in [-0.05, 0) is 69.4 Å². The SMILES string of the molecule is COc1cc2c(cc1C(F)(F)F)N(C(=O)Nc1ccc(OC(C)N(C)C)cc1)CC2. The van der Waals surface area contributed by atoms with Crippen molar-refractivity contribution in [2.75, 3.05) is 38.0 Å². The van der Waals surface area contributed by atoms with Crippen molar-refractivity contribution >= 4 is 17.4 Å². The van der Waals surface area contributed by atoms with E-state index in [9.17, 15) is 18.0 Å². The quantitative estimate of drug-likeness (QED) is 0.715. The van der Waals surface area contributed by atoms with E-state index in [0.717, 1.165) is 6.07 Å². The van der Waals surface area contributed by atoms with Gasteiger partial charge in [0.2, 0.25) is 0 Å². The Morgan fingerprint density at radius 1 is 1.20 bits per heavy atom. The molecule has 9 heteroatoms. The maximum atomic E-state index is 13.3. The Morgan fingerprint density at radius 3 is 2.43 bits per heavy atom. The average Bonchev–Trinajstić information content (AvgIpc) is 3.10. The van der Waals surface area contributed by atoms with Gasteiger partial charge in [-0.1, -0.05) is 0 Å². The van der Waals surface area contributed by atoms with Crippen LogP contribution < -0.4 is 19.7 Å². The summed E-state index contributed by atoms with van der Waals surface area (Å²) in [5.74, 6) is 0.397. The smallest absolute Gasteiger partial charge is 0.420 e. The van der Waals surface area contributed by atoms with Crippen LogP contribution in [-0.2, 0) is 12.6 Å². The van der Waals surface area contributed by atoms with Gasteiger partial charge in [-0.25, -0.2) is 4.79 Å². The van der Waals surface area contributed by atoms with E-state index in [-0.39, 0.29) is 24.2 Å². The van der Waals surface area contributed by atoms with Gasteiger partial charge < -0.3 is 14.8 Å². The Kier molecular flexibility index (Phi) is 6.12. The van der Waals surface area contributed by atoms with Gasteiger partial charge in [0.25, 0.3) is 0 Å². The standard InChI is InChI=1S/C21H24F3N3O3/c1-13(26(2)3)30-16-7-5-15(6-8-16)25-20(28)27-10-9-14-11-19(29-4)17(12-18(14)27)21(22,23)24/h5-8,11-13H,9-10H2,1-4H3,(H,25,28). The van der Waals surface area contributed by atoms with Crippen LogP contribution in [-0.4, -0.2) is 44.9 Å². The first-order valence-electron chi connectivity index (χ1n) is 9.40. The summed E-state index contributed by atoms with van der Waals surface area (Å²) in [6.07, 6.45) is -4.25. The van der Waals surface area contributed by atoms with E-state index < -0.39 is 17.8 Å². The van der Waals surface area contributed by atoms with E-state index in [0.29, 0.717) is 23.4 Å². The molecule has 2 aromatic rings. The first-order chi connectivity index (χ1) is 14.1. The lowest BCUT2D eigenvalue weighted by molar-refractivity contribution is -0.138. The Balaban J connectivity index is 1.75. The summed E-state index contributed by atoms with van der Waals surface area (Å²) in [6.45, 7) is 2.19. The normalized spacial score (nSPS) is 14.5. The Hall–Kier alpha value is -2.94. The van der Waals surface area contributed by atoms with Crippen LogP contribution in [0.1, 0.15) is 18.1 Å². The highest BCUT2D eigenvalue weighted by molar-refractivity contribution is 6.03. The van der Waals surface area contributed by atoms with Crippen LogP contribution in [0.4, 0.5) is 29.3 Å². The molecule has 0 radical (unpaired) electrons. The fourth-order valence-electron chi connectivity index (χ4n) is 3.13. The monoisotopic (exact) mass is 423 g/mol. The summed E-state index contributed by atoms with van der Waals surface area (Å²) in [5.41, 5.74) is 0.486. The van der Waals surface area contributed by atoms with Crippen molar-refractivity contribution in [2.24, 2.45) is 0 Å². The topological polar surface area (TPSA) is 54.0 Å². The molecular formula is C21H24F3N3O3. The number of ether oxygens (including phenoxy) is 2. The van der Waals surface area contributed by atoms with E-state index in [4.69, 9.17) is 9.47 Å². The molecule has 0 spiro atoms. The van der Waals surface area contributed by atoms with E-state index in [2.05, 4.69) is 5.32 Å². The Labute approximate surface area is 173 Å². The summed E-state index contributed by atoms with van der Waals surface area (Å²) in [6, 6.07) is 8.63. The molecule has 1 unspecified atom stereocenters. The molecule has 0 saturated carbocycles. The van der Waals surface area contributed by atoms with Crippen molar-refractivity contribution in [3.05, 3.63) is 47.5 Å². The number of carbonyl (C=O) groups excluding carboxylic acids is 1. The molecule has 0 aliphatic carbocycles. The highest BCUT2D eigenvalue weighted by Crippen LogP contribution is 2.42. The zero-order chi connectivity index (χ0) is 22.1. The molecule has 162 valence electrons. The number of urea groups is 1. The minimum absolute atomic E-state index is 0.119. The third-order valence-corrected chi connectivity index (χ3v) is 4.99. The molecule has 0 saturated heterocycles. The summed E-state index contributed by atoms with van der Waals surface area (Å²) in [7, 11) is 4.99. The van der Waals surface area contributed by atoms with E-state index in [1.807, 2.05) is 25.9 Å². The molecule has 0 fully saturated rings. The number of carbonyl (C=O) groups is 1. The number of benzene rings is 2. The zero-order valence-corrected chi connectivity index (χ0v) is 17.2. The molecule has 30 heavy (non-hydrogen) atoms. The van der Waals surface area contributed by atoms with Gasteiger partial charge in [0.05, 0.1) is 12.7 Å². The van der Waals surface area contributed by atoms with Crippen molar-refractivity contribution in [2.45, 2.75) is 25.7 Å². The maximum Gasteiger partial charge on any atom is 0.420 e. The molecule has 1 N–H and O–H groups in total. The summed E-state index contributed by atoms with van der Waals surface area (Å²) in [4.78, 5) is 15.9. The molecular weight excluding hydrogens is 399 g/mol. The molecule has 2 amide bonds. The number of rotatable bonds is 5. The number of amides is 2. The first kappa shape index (κ1) is 21.8. The van der Waals surface area contributed by atoms with Crippen LogP contribution in [0.15, 0.2) is 36.4 Å². The summed E-state index contributed by atoms with van der Waals surface area (Å²) in [5, 5.41) is 2.72. The number of hydrogen-bond donors (Lipinski definition) is 1. The third kappa shape index (κ3) is 4.62. The second-order valence-electron chi connectivity index (χ2n) is 7.22. The average molecular weight is 423 g/mol. The number of nitrogens with zero attached hydrogens (tertiary/aromatic N) is 2. The van der Waals surface area contributed by atoms with Gasteiger partial charge >= 0.3 is 12.2 Å². The number of nitrogens with one attached hydrogen (secondary N) is 1. The predicted octanol–water partition coefficient (Wildman–Crippen LogP) is 4.60. The highest BCUT2D eigenvalue weighted by Gasteiger charge is 2.37. The Bertz CT molecular complexity index is 914. The number of anilines is 2. The highest BCUT2D eigenvalue weighted by atomic mass is 19.4. The van der Waals surface area contributed by atoms with Crippen LogP contribution in [0.25, 0.3) is 0 Å². The lowest BCUT2D eigenvalue weighted by atomic mass is 10.1. The number of alkyl halides is 3. The van der Waals surface area contributed by atoms with Gasteiger partial charge in [0.1, 0.15) is 17.7 Å². The maximum absolute atomic E-state index is 13.3. The van der Waals surface area contributed by atoms with Crippen molar-refractivity contribution in [3.8, 4) is 11.5 Å². The predicted molar refractivity (Wildman–Crippen MR) is 108 cm³/mol. The lowest BCUT2D eigenvalue weighted by Gasteiger charge is -2.22. The minimum Gasteiger partial charge on any atom is -0.496 e. The van der Waals surface area contributed by atoms with Crippen LogP contribution in [0.5, 0.6) is 11.5 Å². The summed E-state index contributed by atoms with van der Waals surface area (Å²) < 4.78 is 50.6. The molecule has 1 atom stereocenters. The van der Waals surface area contributed by atoms with Crippen molar-refractivity contribution in [3.63, 3.8) is 0 Å². The molecule has 0 bridgehead atoms. The van der Waals surface area contributed by atoms with Gasteiger partial charge in [-0.2, -0.15) is 13.2 Å². The largest absolute Gasteiger partial charge is 0.496 e. The fraction of sp³-hybridized carbons (Fsp3) is 0.381. The minimum atomic E-state index is -4.58. The third-order valence-electron chi connectivity index (χ3n) is 4.99. The van der Waals surface area contributed by atoms with Gasteiger partial charge in [0.15, 0.2) is 0 Å². The van der Waals surface area contributed by atoms with Crippen LogP contribution in [0.2, 0.25) is 0 Å². The van der Waals surface area contributed by atoms with Gasteiger partial charge in [0, 0.05) is 17.9 Å². The van der Waals surface area contributed by atoms with Gasteiger partial charge in [-0.15, -0.1) is 0 Å². The van der Waals surface area contributed by atoms with Crippen molar-refractivity contribution < 1.29 is 27.4 Å². The Morgan fingerprint density at radius 2 is 1.87 bits per heavy atom. The van der Waals surface area contributed by atoms with Crippen LogP contribution in [0, 0.1) is 0 Å². The molecule has 2 aromatic carbocycles. The van der Waals surface area contributed by atoms with E-state index in [1.54, 1.807) is 24.3 Å². The molecule has 0 aromatic heterocycles. The van der Waals surface area contributed by atoms with E-state index >= 15 is 0 Å². The zero-order valence-electron chi connectivity index (χ0n) is 17.2. The molecule has 1 heterocycles. The first-order valence-corrected chi connectivity index (χ1v) is 9.40. The lowest BCUT2D eigenvalue weighted by Crippen LogP contribution is -2.33. The van der Waals surface area contributed by atoms with Crippen LogP contribution >= 0.6 is 0 Å². The second kappa shape index (κ2) is 8.43. The van der Waals surface area contributed by atoms with Crippen molar-refractivity contribution in [1.29, 1.82) is 0 Å². The molecule has 3 rings (SSSR count). The molecule has 1 aliphatic rings. The number of halogens is 3. The number of fused-ring (bicyclic) bond motifs is 1. The number of methoxy groups -OCH3 is 1. The van der Waals surface area contributed by atoms with Gasteiger partial charge in [-0.3, -0.25) is 9.80 Å². The van der Waals surface area contributed by atoms with E-state index in [1.165, 1.54) is 18.1 Å². The molecule has 6 nitrogen and oxygen atoms in total. The van der Waals surface area contributed by atoms with Crippen LogP contribution in [0.3, 0.4) is 0 Å². The molecule has 1 aliphatic heterocycles.